The second-order valence-electron chi connectivity index (χ2n) is 4.36. The van der Waals surface area contributed by atoms with Gasteiger partial charge >= 0.3 is 0 Å². The van der Waals surface area contributed by atoms with E-state index < -0.39 is 0 Å². The van der Waals surface area contributed by atoms with E-state index in [1.165, 1.54) is 6.92 Å². The molecule has 0 aliphatic heterocycles. The van der Waals surface area contributed by atoms with Gasteiger partial charge in [0.2, 0.25) is 5.91 Å². The molecule has 5 heteroatoms. The average Bonchev–Trinajstić information content (AvgIpc) is 2.41. The Morgan fingerprint density at radius 3 is 2.55 bits per heavy atom. The van der Waals surface area contributed by atoms with Crippen molar-refractivity contribution in [3.63, 3.8) is 0 Å². The van der Waals surface area contributed by atoms with Crippen LogP contribution in [0.5, 0.6) is 0 Å². The molecule has 0 saturated carbocycles. The van der Waals surface area contributed by atoms with E-state index in [2.05, 4.69) is 26.6 Å². The quantitative estimate of drug-likeness (QED) is 0.838. The zero-order valence-electron chi connectivity index (χ0n) is 10.9. The van der Waals surface area contributed by atoms with Gasteiger partial charge in [-0.2, -0.15) is 0 Å². The van der Waals surface area contributed by atoms with Gasteiger partial charge in [-0.1, -0.05) is 39.7 Å². The first-order valence-corrected chi connectivity index (χ1v) is 7.27. The fourth-order valence-electron chi connectivity index (χ4n) is 1.74. The van der Waals surface area contributed by atoms with Gasteiger partial charge in [0.25, 0.3) is 0 Å². The summed E-state index contributed by atoms with van der Waals surface area (Å²) in [5.74, 6) is -0.0724. The molecular formula is C15H14BrClN2O. The Hall–Kier alpha value is -1.52. The van der Waals surface area contributed by atoms with Crippen molar-refractivity contribution in [3.05, 3.63) is 57.5 Å². The average molecular weight is 354 g/mol. The third-order valence-electron chi connectivity index (χ3n) is 2.69. The number of anilines is 2. The number of hydrogen-bond donors (Lipinski definition) is 2. The van der Waals surface area contributed by atoms with E-state index in [4.69, 9.17) is 11.6 Å². The van der Waals surface area contributed by atoms with E-state index in [1.54, 1.807) is 0 Å². The molecule has 0 spiro atoms. The number of benzene rings is 2. The van der Waals surface area contributed by atoms with Crippen molar-refractivity contribution in [1.82, 2.24) is 0 Å². The van der Waals surface area contributed by atoms with Gasteiger partial charge in [-0.15, -0.1) is 0 Å². The van der Waals surface area contributed by atoms with E-state index in [1.807, 2.05) is 42.5 Å². The maximum Gasteiger partial charge on any atom is 0.221 e. The van der Waals surface area contributed by atoms with Crippen molar-refractivity contribution in [2.75, 3.05) is 10.6 Å². The van der Waals surface area contributed by atoms with Crippen LogP contribution in [0.3, 0.4) is 0 Å². The molecule has 0 aromatic heterocycles. The first kappa shape index (κ1) is 14.9. The Morgan fingerprint density at radius 1 is 1.20 bits per heavy atom. The van der Waals surface area contributed by atoms with E-state index in [-0.39, 0.29) is 5.91 Å². The van der Waals surface area contributed by atoms with E-state index >= 15 is 0 Å². The first-order chi connectivity index (χ1) is 9.54. The Bertz CT molecular complexity index is 614. The van der Waals surface area contributed by atoms with Gasteiger partial charge in [0.15, 0.2) is 0 Å². The molecule has 20 heavy (non-hydrogen) atoms. The lowest BCUT2D eigenvalue weighted by molar-refractivity contribution is -0.114. The lowest BCUT2D eigenvalue weighted by atomic mass is 10.2. The lowest BCUT2D eigenvalue weighted by Gasteiger charge is -2.10. The van der Waals surface area contributed by atoms with Crippen LogP contribution in [-0.2, 0) is 11.3 Å². The van der Waals surface area contributed by atoms with Crippen molar-refractivity contribution >= 4 is 44.8 Å². The van der Waals surface area contributed by atoms with Crippen LogP contribution in [0.1, 0.15) is 12.5 Å². The third kappa shape index (κ3) is 4.25. The third-order valence-corrected chi connectivity index (χ3v) is 3.51. The standard InChI is InChI=1S/C15H14BrClN2O/c1-10(20)19-13-5-2-11(3-6-13)9-18-15-8-12(16)4-7-14(15)17/h2-8,18H,9H2,1H3,(H,19,20). The highest BCUT2D eigenvalue weighted by Gasteiger charge is 2.01. The van der Waals surface area contributed by atoms with Gasteiger partial charge in [0.05, 0.1) is 10.7 Å². The molecule has 3 nitrogen and oxygen atoms in total. The summed E-state index contributed by atoms with van der Waals surface area (Å²) in [5, 5.41) is 6.70. The van der Waals surface area contributed by atoms with Crippen molar-refractivity contribution in [3.8, 4) is 0 Å². The summed E-state index contributed by atoms with van der Waals surface area (Å²) >= 11 is 9.53. The van der Waals surface area contributed by atoms with Crippen LogP contribution < -0.4 is 10.6 Å². The van der Waals surface area contributed by atoms with Crippen molar-refractivity contribution in [1.29, 1.82) is 0 Å². The highest BCUT2D eigenvalue weighted by molar-refractivity contribution is 9.10. The molecule has 2 N–H and O–H groups in total. The predicted octanol–water partition coefficient (Wildman–Crippen LogP) is 4.67. The molecule has 0 atom stereocenters. The maximum atomic E-state index is 10.9. The second kappa shape index (κ2) is 6.77. The lowest BCUT2D eigenvalue weighted by Crippen LogP contribution is -2.06. The number of halogens is 2. The van der Waals surface area contributed by atoms with Gasteiger partial charge in [-0.3, -0.25) is 4.79 Å². The summed E-state index contributed by atoms with van der Waals surface area (Å²) in [6.07, 6.45) is 0. The molecule has 0 bridgehead atoms. The summed E-state index contributed by atoms with van der Waals surface area (Å²) in [6, 6.07) is 13.4. The molecule has 0 unspecified atom stereocenters. The summed E-state index contributed by atoms with van der Waals surface area (Å²) < 4.78 is 0.977. The maximum absolute atomic E-state index is 10.9. The van der Waals surface area contributed by atoms with E-state index in [9.17, 15) is 4.79 Å². The molecule has 0 fully saturated rings. The predicted molar refractivity (Wildman–Crippen MR) is 87.2 cm³/mol. The minimum Gasteiger partial charge on any atom is -0.380 e. The first-order valence-electron chi connectivity index (χ1n) is 6.10. The molecule has 0 radical (unpaired) electrons. The van der Waals surface area contributed by atoms with Gasteiger partial charge in [-0.05, 0) is 35.9 Å². The van der Waals surface area contributed by atoms with Crippen LogP contribution in [0.4, 0.5) is 11.4 Å². The Morgan fingerprint density at radius 2 is 1.90 bits per heavy atom. The molecule has 0 saturated heterocycles. The molecular weight excluding hydrogens is 340 g/mol. The van der Waals surface area contributed by atoms with Gasteiger partial charge in [0.1, 0.15) is 0 Å². The van der Waals surface area contributed by atoms with E-state index in [0.29, 0.717) is 11.6 Å². The molecule has 2 aromatic rings. The van der Waals surface area contributed by atoms with E-state index in [0.717, 1.165) is 21.4 Å². The minimum atomic E-state index is -0.0724. The summed E-state index contributed by atoms with van der Waals surface area (Å²) in [5.41, 5.74) is 2.78. The van der Waals surface area contributed by atoms with Gasteiger partial charge < -0.3 is 10.6 Å². The van der Waals surface area contributed by atoms with Crippen LogP contribution in [0.2, 0.25) is 5.02 Å². The molecule has 0 heterocycles. The SMILES string of the molecule is CC(=O)Nc1ccc(CNc2cc(Br)ccc2Cl)cc1. The number of rotatable bonds is 4. The second-order valence-corrected chi connectivity index (χ2v) is 5.68. The largest absolute Gasteiger partial charge is 0.380 e. The molecule has 1 amide bonds. The molecule has 104 valence electrons. The number of hydrogen-bond acceptors (Lipinski definition) is 2. The summed E-state index contributed by atoms with van der Waals surface area (Å²) in [6.45, 7) is 2.15. The van der Waals surface area contributed by atoms with Crippen molar-refractivity contribution in [2.45, 2.75) is 13.5 Å². The highest BCUT2D eigenvalue weighted by Crippen LogP contribution is 2.26. The van der Waals surface area contributed by atoms with Gasteiger partial charge in [0, 0.05) is 23.6 Å². The van der Waals surface area contributed by atoms with Crippen molar-refractivity contribution in [2.24, 2.45) is 0 Å². The van der Waals surface area contributed by atoms with Crippen LogP contribution in [-0.4, -0.2) is 5.91 Å². The van der Waals surface area contributed by atoms with Crippen LogP contribution in [0.25, 0.3) is 0 Å². The fraction of sp³-hybridized carbons (Fsp3) is 0.133. The van der Waals surface area contributed by atoms with Gasteiger partial charge in [-0.25, -0.2) is 0 Å². The number of carbonyl (C=O) groups is 1. The zero-order valence-corrected chi connectivity index (χ0v) is 13.3. The number of carbonyl (C=O) groups excluding carboxylic acids is 1. The Labute approximate surface area is 131 Å². The Kier molecular flexibility index (Phi) is 5.04. The number of amides is 1. The molecule has 0 aliphatic carbocycles. The van der Waals surface area contributed by atoms with Crippen LogP contribution >= 0.6 is 27.5 Å². The van der Waals surface area contributed by atoms with Crippen molar-refractivity contribution < 1.29 is 4.79 Å². The number of nitrogens with one attached hydrogen (secondary N) is 2. The molecule has 2 rings (SSSR count). The normalized spacial score (nSPS) is 10.2. The highest BCUT2D eigenvalue weighted by atomic mass is 79.9. The smallest absolute Gasteiger partial charge is 0.221 e. The Balaban J connectivity index is 2.00. The fourth-order valence-corrected chi connectivity index (χ4v) is 2.28. The monoisotopic (exact) mass is 352 g/mol. The molecule has 2 aromatic carbocycles. The summed E-state index contributed by atoms with van der Waals surface area (Å²) in [4.78, 5) is 10.9. The zero-order chi connectivity index (χ0) is 14.5. The van der Waals surface area contributed by atoms with Crippen LogP contribution in [0.15, 0.2) is 46.9 Å². The van der Waals surface area contributed by atoms with Crippen LogP contribution in [0, 0.1) is 0 Å². The molecule has 0 aliphatic rings. The topological polar surface area (TPSA) is 41.1 Å². The minimum absolute atomic E-state index is 0.0724. The summed E-state index contributed by atoms with van der Waals surface area (Å²) in [7, 11) is 0.